The molecule has 0 bridgehead atoms. The number of nitrogens with zero attached hydrogens (tertiary/aromatic N) is 2. The summed E-state index contributed by atoms with van der Waals surface area (Å²) in [6, 6.07) is 10.2. The van der Waals surface area contributed by atoms with Crippen LogP contribution in [0.25, 0.3) is 0 Å². The van der Waals surface area contributed by atoms with Gasteiger partial charge in [0.05, 0.1) is 21.0 Å². The SMILES string of the molecule is O=C(O[C@H]1CCCCCC[C@@H]1OC(=O)c1ccc([N+](=O)[O-])cc1)c1ccc([N+](=O)[O-])cc1. The van der Waals surface area contributed by atoms with Gasteiger partial charge in [0.1, 0.15) is 12.2 Å². The van der Waals surface area contributed by atoms with E-state index in [1.165, 1.54) is 48.5 Å². The fraction of sp³-hybridized carbons (Fsp3) is 0.364. The molecule has 1 aliphatic rings. The van der Waals surface area contributed by atoms with Gasteiger partial charge in [0.15, 0.2) is 0 Å². The van der Waals surface area contributed by atoms with Crippen molar-refractivity contribution in [2.24, 2.45) is 0 Å². The van der Waals surface area contributed by atoms with E-state index in [0.29, 0.717) is 12.8 Å². The molecule has 0 spiro atoms. The van der Waals surface area contributed by atoms with Crippen LogP contribution in [0.2, 0.25) is 0 Å². The Morgan fingerprint density at radius 2 is 1.00 bits per heavy atom. The maximum absolute atomic E-state index is 12.6. The van der Waals surface area contributed by atoms with Gasteiger partial charge < -0.3 is 9.47 Å². The second-order valence-corrected chi connectivity index (χ2v) is 7.49. The first kappa shape index (κ1) is 22.9. The van der Waals surface area contributed by atoms with Gasteiger partial charge in [0, 0.05) is 24.3 Å². The molecule has 0 saturated heterocycles. The minimum absolute atomic E-state index is 0.137. The summed E-state index contributed by atoms with van der Waals surface area (Å²) in [6.45, 7) is 0. The van der Waals surface area contributed by atoms with Crippen LogP contribution in [0.3, 0.4) is 0 Å². The molecule has 0 heterocycles. The lowest BCUT2D eigenvalue weighted by Gasteiger charge is -2.29. The molecule has 10 nitrogen and oxygen atoms in total. The summed E-state index contributed by atoms with van der Waals surface area (Å²) >= 11 is 0. The second kappa shape index (κ2) is 10.5. The average molecular weight is 442 g/mol. The zero-order valence-corrected chi connectivity index (χ0v) is 17.2. The van der Waals surface area contributed by atoms with Gasteiger partial charge in [0.25, 0.3) is 11.4 Å². The van der Waals surface area contributed by atoms with Gasteiger partial charge in [-0.2, -0.15) is 0 Å². The van der Waals surface area contributed by atoms with E-state index in [-0.39, 0.29) is 22.5 Å². The first-order valence-corrected chi connectivity index (χ1v) is 10.3. The van der Waals surface area contributed by atoms with Crippen LogP contribution in [-0.4, -0.2) is 34.0 Å². The van der Waals surface area contributed by atoms with Gasteiger partial charge in [-0.3, -0.25) is 20.2 Å². The van der Waals surface area contributed by atoms with Gasteiger partial charge in [-0.25, -0.2) is 9.59 Å². The number of rotatable bonds is 6. The number of carbonyl (C=O) groups is 2. The van der Waals surface area contributed by atoms with Gasteiger partial charge in [-0.05, 0) is 49.9 Å². The lowest BCUT2D eigenvalue weighted by atomic mass is 9.95. The number of non-ortho nitro benzene ring substituents is 2. The third-order valence-electron chi connectivity index (χ3n) is 5.29. The standard InChI is InChI=1S/C22H22N2O8/c25-21(15-7-11-17(12-8-15)23(27)28)31-19-5-3-1-2-4-6-20(19)32-22(26)16-9-13-18(14-10-16)24(29)30/h7-14,19-20H,1-6H2/t19-,20-/m0/s1. The Balaban J connectivity index is 1.71. The predicted octanol–water partition coefficient (Wildman–Crippen LogP) is 4.61. The molecule has 3 rings (SSSR count). The Labute approximate surface area is 183 Å². The molecule has 1 aliphatic carbocycles. The minimum Gasteiger partial charge on any atom is -0.455 e. The highest BCUT2D eigenvalue weighted by Crippen LogP contribution is 2.25. The molecule has 1 fully saturated rings. The average Bonchev–Trinajstić information content (AvgIpc) is 2.78. The molecule has 1 saturated carbocycles. The quantitative estimate of drug-likeness (QED) is 0.359. The van der Waals surface area contributed by atoms with Crippen molar-refractivity contribution < 1.29 is 28.9 Å². The number of benzene rings is 2. The number of nitro benzene ring substituents is 2. The van der Waals surface area contributed by atoms with Crippen LogP contribution in [0.5, 0.6) is 0 Å². The first-order chi connectivity index (χ1) is 15.3. The van der Waals surface area contributed by atoms with Crippen LogP contribution in [0.1, 0.15) is 59.2 Å². The van der Waals surface area contributed by atoms with Crippen LogP contribution in [0.4, 0.5) is 11.4 Å². The predicted molar refractivity (Wildman–Crippen MR) is 112 cm³/mol. The summed E-state index contributed by atoms with van der Waals surface area (Å²) in [5, 5.41) is 21.6. The monoisotopic (exact) mass is 442 g/mol. The summed E-state index contributed by atoms with van der Waals surface area (Å²) in [4.78, 5) is 45.7. The number of carbonyl (C=O) groups excluding carboxylic acids is 2. The van der Waals surface area contributed by atoms with Gasteiger partial charge >= 0.3 is 11.9 Å². The molecule has 0 aliphatic heterocycles. The Morgan fingerprint density at radius 1 is 0.656 bits per heavy atom. The fourth-order valence-corrected chi connectivity index (χ4v) is 3.54. The van der Waals surface area contributed by atoms with E-state index < -0.39 is 34.0 Å². The number of hydrogen-bond acceptors (Lipinski definition) is 8. The van der Waals surface area contributed by atoms with E-state index in [4.69, 9.17) is 9.47 Å². The number of hydrogen-bond donors (Lipinski definition) is 0. The second-order valence-electron chi connectivity index (χ2n) is 7.49. The smallest absolute Gasteiger partial charge is 0.338 e. The van der Waals surface area contributed by atoms with E-state index in [0.717, 1.165) is 25.7 Å². The van der Waals surface area contributed by atoms with E-state index in [1.54, 1.807) is 0 Å². The highest BCUT2D eigenvalue weighted by Gasteiger charge is 2.30. The van der Waals surface area contributed by atoms with Crippen LogP contribution in [0.15, 0.2) is 48.5 Å². The third kappa shape index (κ3) is 5.87. The van der Waals surface area contributed by atoms with Gasteiger partial charge in [-0.1, -0.05) is 12.8 Å². The molecule has 10 heteroatoms. The van der Waals surface area contributed by atoms with Crippen molar-refractivity contribution in [1.82, 2.24) is 0 Å². The lowest BCUT2D eigenvalue weighted by molar-refractivity contribution is -0.385. The minimum atomic E-state index is -0.667. The maximum atomic E-state index is 12.6. The zero-order chi connectivity index (χ0) is 23.1. The zero-order valence-electron chi connectivity index (χ0n) is 17.2. The number of esters is 2. The highest BCUT2D eigenvalue weighted by molar-refractivity contribution is 5.90. The normalized spacial score (nSPS) is 18.6. The third-order valence-corrected chi connectivity index (χ3v) is 5.29. The molecule has 168 valence electrons. The Hall–Kier alpha value is -3.82. The lowest BCUT2D eigenvalue weighted by Crippen LogP contribution is -2.36. The van der Waals surface area contributed by atoms with Crippen molar-refractivity contribution >= 4 is 23.3 Å². The van der Waals surface area contributed by atoms with Gasteiger partial charge in [0.2, 0.25) is 0 Å². The van der Waals surface area contributed by atoms with Crippen molar-refractivity contribution in [3.8, 4) is 0 Å². The van der Waals surface area contributed by atoms with Crippen LogP contribution in [-0.2, 0) is 9.47 Å². The van der Waals surface area contributed by atoms with Crippen molar-refractivity contribution in [3.63, 3.8) is 0 Å². The van der Waals surface area contributed by atoms with E-state index in [1.807, 2.05) is 0 Å². The Morgan fingerprint density at radius 3 is 1.31 bits per heavy atom. The summed E-state index contributed by atoms with van der Waals surface area (Å²) in [5.41, 5.74) is 0.0565. The van der Waals surface area contributed by atoms with E-state index in [9.17, 15) is 29.8 Å². The summed E-state index contributed by atoms with van der Waals surface area (Å²) in [5.74, 6) is -1.30. The van der Waals surface area contributed by atoms with Crippen LogP contribution < -0.4 is 0 Å². The summed E-state index contributed by atoms with van der Waals surface area (Å²) in [6.07, 6.45) is 3.21. The molecular weight excluding hydrogens is 420 g/mol. The molecule has 0 unspecified atom stereocenters. The first-order valence-electron chi connectivity index (χ1n) is 10.3. The molecule has 0 N–H and O–H groups in total. The number of ether oxygens (including phenoxy) is 2. The van der Waals surface area contributed by atoms with Crippen molar-refractivity contribution in [3.05, 3.63) is 79.9 Å². The fourth-order valence-electron chi connectivity index (χ4n) is 3.54. The van der Waals surface area contributed by atoms with E-state index >= 15 is 0 Å². The maximum Gasteiger partial charge on any atom is 0.338 e. The van der Waals surface area contributed by atoms with Crippen LogP contribution in [0, 0.1) is 20.2 Å². The molecule has 2 atom stereocenters. The van der Waals surface area contributed by atoms with Crippen molar-refractivity contribution in [1.29, 1.82) is 0 Å². The molecule has 0 radical (unpaired) electrons. The van der Waals surface area contributed by atoms with Crippen molar-refractivity contribution in [2.75, 3.05) is 0 Å². The largest absolute Gasteiger partial charge is 0.455 e. The topological polar surface area (TPSA) is 139 Å². The Bertz CT molecular complexity index is 906. The van der Waals surface area contributed by atoms with Gasteiger partial charge in [-0.15, -0.1) is 0 Å². The molecular formula is C22H22N2O8. The molecule has 2 aromatic carbocycles. The molecule has 0 aromatic heterocycles. The summed E-state index contributed by atoms with van der Waals surface area (Å²) in [7, 11) is 0. The molecule has 0 amide bonds. The van der Waals surface area contributed by atoms with Crippen LogP contribution >= 0.6 is 0 Å². The molecule has 32 heavy (non-hydrogen) atoms. The van der Waals surface area contributed by atoms with Crippen molar-refractivity contribution in [2.45, 2.75) is 50.7 Å². The molecule has 2 aromatic rings. The highest BCUT2D eigenvalue weighted by atomic mass is 16.6. The van der Waals surface area contributed by atoms with E-state index in [2.05, 4.69) is 0 Å². The number of nitro groups is 2. The summed E-state index contributed by atoms with van der Waals surface area (Å²) < 4.78 is 11.3. The Kier molecular flexibility index (Phi) is 7.48.